The maximum Gasteiger partial charge on any atom is 0.283 e. The maximum atomic E-state index is 12.9. The van der Waals surface area contributed by atoms with Crippen molar-refractivity contribution in [3.8, 4) is 11.5 Å². The number of benzene rings is 3. The van der Waals surface area contributed by atoms with Gasteiger partial charge in [-0.3, -0.25) is 4.55 Å². The van der Waals surface area contributed by atoms with Crippen LogP contribution in [0.25, 0.3) is 0 Å². The summed E-state index contributed by atoms with van der Waals surface area (Å²) in [6, 6.07) is 12.0. The average molecular weight is 494 g/mol. The molecule has 3 rings (SSSR count). The molecule has 0 amide bonds. The van der Waals surface area contributed by atoms with Gasteiger partial charge in [0.1, 0.15) is 16.5 Å². The van der Waals surface area contributed by atoms with Crippen LogP contribution < -0.4 is 0 Å². The van der Waals surface area contributed by atoms with Crippen LogP contribution in [0.5, 0.6) is 11.5 Å². The second-order valence-electron chi connectivity index (χ2n) is 6.09. The number of phenolic OH excluding ortho intramolecular Hbond substituents is 2. The largest absolute Gasteiger partial charge is 0.507 e. The number of rotatable bonds is 4. The van der Waals surface area contributed by atoms with Crippen molar-refractivity contribution < 1.29 is 23.2 Å². The van der Waals surface area contributed by atoms with Gasteiger partial charge in [0.25, 0.3) is 10.1 Å². The van der Waals surface area contributed by atoms with E-state index in [-0.39, 0.29) is 11.1 Å². The predicted molar refractivity (Wildman–Crippen MR) is 114 cm³/mol. The summed E-state index contributed by atoms with van der Waals surface area (Å²) >= 11 is 24.2. The van der Waals surface area contributed by atoms with E-state index in [1.54, 1.807) is 0 Å². The molecule has 0 heterocycles. The Morgan fingerprint density at radius 2 is 1.10 bits per heavy atom. The first-order chi connectivity index (χ1) is 13.5. The molecule has 0 saturated carbocycles. The fourth-order valence-electron chi connectivity index (χ4n) is 3.19. The van der Waals surface area contributed by atoms with Gasteiger partial charge < -0.3 is 10.2 Å². The SMILES string of the molecule is O=S(=O)(O)C(c1ccc(Cl)cc1)(c1ccc(Cl)cc1)c1c(O)cc(O)c(Cl)c1Cl. The van der Waals surface area contributed by atoms with Crippen molar-refractivity contribution in [3.05, 3.63) is 91.4 Å². The number of hydrogen-bond acceptors (Lipinski definition) is 4. The van der Waals surface area contributed by atoms with Gasteiger partial charge in [0, 0.05) is 21.7 Å². The van der Waals surface area contributed by atoms with Crippen LogP contribution in [0.2, 0.25) is 20.1 Å². The van der Waals surface area contributed by atoms with E-state index in [1.165, 1.54) is 48.5 Å². The molecule has 0 aromatic heterocycles. The molecule has 0 aliphatic rings. The van der Waals surface area contributed by atoms with Crippen LogP contribution in [0.1, 0.15) is 16.7 Å². The molecular formula is C19H12Cl4O5S. The number of halogens is 4. The lowest BCUT2D eigenvalue weighted by atomic mass is 9.83. The van der Waals surface area contributed by atoms with Gasteiger partial charge in [0.05, 0.1) is 5.02 Å². The van der Waals surface area contributed by atoms with Gasteiger partial charge >= 0.3 is 0 Å². The van der Waals surface area contributed by atoms with Crippen molar-refractivity contribution in [2.45, 2.75) is 4.75 Å². The van der Waals surface area contributed by atoms with Crippen molar-refractivity contribution in [2.24, 2.45) is 0 Å². The summed E-state index contributed by atoms with van der Waals surface area (Å²) in [4.78, 5) is 0. The zero-order valence-corrected chi connectivity index (χ0v) is 18.1. The van der Waals surface area contributed by atoms with E-state index >= 15 is 0 Å². The Kier molecular flexibility index (Phi) is 5.98. The normalized spacial score (nSPS) is 12.2. The Bertz CT molecular complexity index is 1130. The molecular weight excluding hydrogens is 482 g/mol. The molecule has 0 radical (unpaired) electrons. The summed E-state index contributed by atoms with van der Waals surface area (Å²) in [6.07, 6.45) is 0. The van der Waals surface area contributed by atoms with E-state index in [0.717, 1.165) is 6.07 Å². The molecule has 3 aromatic carbocycles. The lowest BCUT2D eigenvalue weighted by Crippen LogP contribution is -2.38. The van der Waals surface area contributed by atoms with Crippen molar-refractivity contribution in [3.63, 3.8) is 0 Å². The minimum Gasteiger partial charge on any atom is -0.507 e. The molecule has 0 saturated heterocycles. The van der Waals surface area contributed by atoms with E-state index in [1.807, 2.05) is 0 Å². The molecule has 152 valence electrons. The zero-order chi connectivity index (χ0) is 21.6. The highest BCUT2D eigenvalue weighted by Gasteiger charge is 2.52. The van der Waals surface area contributed by atoms with Gasteiger partial charge in [0.2, 0.25) is 0 Å². The standard InChI is InChI=1S/C19H12Cl4O5S/c20-12-5-1-10(2-6-12)19(29(26,27)28,11-3-7-13(21)8-4-11)16-14(24)9-15(25)17(22)18(16)23/h1-9,24-25H,(H,26,27,28). The molecule has 3 aromatic rings. The molecule has 0 aliphatic heterocycles. The molecule has 0 bridgehead atoms. The molecule has 0 atom stereocenters. The fraction of sp³-hybridized carbons (Fsp3) is 0.0526. The van der Waals surface area contributed by atoms with Gasteiger partial charge in [-0.2, -0.15) is 8.42 Å². The van der Waals surface area contributed by atoms with Gasteiger partial charge in [-0.1, -0.05) is 70.7 Å². The summed E-state index contributed by atoms with van der Waals surface area (Å²) in [5.74, 6) is -1.26. The quantitative estimate of drug-likeness (QED) is 0.311. The lowest BCUT2D eigenvalue weighted by Gasteiger charge is -2.34. The minimum absolute atomic E-state index is 0.0191. The summed E-state index contributed by atoms with van der Waals surface area (Å²) in [5.41, 5.74) is -0.398. The maximum absolute atomic E-state index is 12.9. The first kappa shape index (κ1) is 22.0. The van der Waals surface area contributed by atoms with E-state index in [2.05, 4.69) is 0 Å². The Labute approximate surface area is 186 Å². The van der Waals surface area contributed by atoms with E-state index in [0.29, 0.717) is 10.0 Å². The molecule has 0 unspecified atom stereocenters. The molecule has 0 spiro atoms. The summed E-state index contributed by atoms with van der Waals surface area (Å²) in [6.45, 7) is 0. The zero-order valence-electron chi connectivity index (χ0n) is 14.3. The summed E-state index contributed by atoms with van der Waals surface area (Å²) in [5, 5.41) is 20.2. The first-order valence-corrected chi connectivity index (χ1v) is 10.8. The third-order valence-corrected chi connectivity index (χ3v) is 7.22. The molecule has 3 N–H and O–H groups in total. The average Bonchev–Trinajstić information content (AvgIpc) is 2.64. The van der Waals surface area contributed by atoms with Crippen molar-refractivity contribution in [2.75, 3.05) is 0 Å². The number of aromatic hydroxyl groups is 2. The molecule has 0 fully saturated rings. The predicted octanol–water partition coefficient (Wildman–Crippen LogP) is 5.89. The minimum atomic E-state index is -5.06. The highest BCUT2D eigenvalue weighted by molar-refractivity contribution is 7.87. The second kappa shape index (κ2) is 7.87. The third-order valence-electron chi connectivity index (χ3n) is 4.41. The Morgan fingerprint density at radius 3 is 1.48 bits per heavy atom. The molecule has 29 heavy (non-hydrogen) atoms. The number of hydrogen-bond donors (Lipinski definition) is 3. The Morgan fingerprint density at radius 1 is 0.690 bits per heavy atom. The van der Waals surface area contributed by atoms with Crippen molar-refractivity contribution in [1.29, 1.82) is 0 Å². The smallest absolute Gasteiger partial charge is 0.283 e. The molecule has 5 nitrogen and oxygen atoms in total. The van der Waals surface area contributed by atoms with Crippen LogP contribution in [0.15, 0.2) is 54.6 Å². The fourth-order valence-corrected chi connectivity index (χ4v) is 5.31. The first-order valence-electron chi connectivity index (χ1n) is 7.89. The van der Waals surface area contributed by atoms with Crippen LogP contribution in [-0.2, 0) is 14.9 Å². The van der Waals surface area contributed by atoms with Gasteiger partial charge in [-0.15, -0.1) is 0 Å². The summed E-state index contributed by atoms with van der Waals surface area (Å²) in [7, 11) is -5.06. The van der Waals surface area contributed by atoms with E-state index in [9.17, 15) is 23.2 Å². The van der Waals surface area contributed by atoms with Crippen molar-refractivity contribution in [1.82, 2.24) is 0 Å². The van der Waals surface area contributed by atoms with Crippen LogP contribution in [0, 0.1) is 0 Å². The Hall–Kier alpha value is -1.67. The van der Waals surface area contributed by atoms with Gasteiger partial charge in [0.15, 0.2) is 4.75 Å². The Balaban J connectivity index is 2.59. The van der Waals surface area contributed by atoms with E-state index in [4.69, 9.17) is 46.4 Å². The van der Waals surface area contributed by atoms with Crippen LogP contribution in [0.3, 0.4) is 0 Å². The van der Waals surface area contributed by atoms with Gasteiger partial charge in [-0.05, 0) is 35.4 Å². The van der Waals surface area contributed by atoms with Gasteiger partial charge in [-0.25, -0.2) is 0 Å². The van der Waals surface area contributed by atoms with Crippen LogP contribution >= 0.6 is 46.4 Å². The second-order valence-corrected chi connectivity index (χ2v) is 9.28. The van der Waals surface area contributed by atoms with Crippen molar-refractivity contribution >= 4 is 56.5 Å². The number of phenols is 2. The highest BCUT2D eigenvalue weighted by atomic mass is 35.5. The van der Waals surface area contributed by atoms with E-state index < -0.39 is 42.0 Å². The summed E-state index contributed by atoms with van der Waals surface area (Å²) < 4.78 is 33.9. The highest BCUT2D eigenvalue weighted by Crippen LogP contribution is 2.53. The van der Waals surface area contributed by atoms with Crippen LogP contribution in [-0.4, -0.2) is 23.2 Å². The topological polar surface area (TPSA) is 94.8 Å². The monoisotopic (exact) mass is 492 g/mol. The van der Waals surface area contributed by atoms with Crippen LogP contribution in [0.4, 0.5) is 0 Å². The molecule has 0 aliphatic carbocycles. The third kappa shape index (κ3) is 3.65. The molecule has 10 heteroatoms. The lowest BCUT2D eigenvalue weighted by molar-refractivity contribution is 0.431.